The molecule has 1 atom stereocenters. The van der Waals surface area contributed by atoms with Gasteiger partial charge in [0.1, 0.15) is 0 Å². The van der Waals surface area contributed by atoms with E-state index < -0.39 is 10.2 Å². The molecule has 1 unspecified atom stereocenters. The van der Waals surface area contributed by atoms with Crippen molar-refractivity contribution in [3.8, 4) is 0 Å². The fraction of sp³-hybridized carbons (Fsp3) is 0.600. The molecule has 1 rings (SSSR count). The highest BCUT2D eigenvalue weighted by molar-refractivity contribution is 8.03. The van der Waals surface area contributed by atoms with Crippen LogP contribution in [0.4, 0.5) is 0 Å². The van der Waals surface area contributed by atoms with Crippen LogP contribution in [-0.4, -0.2) is 18.1 Å². The fourth-order valence-corrected chi connectivity index (χ4v) is 3.23. The van der Waals surface area contributed by atoms with E-state index in [9.17, 15) is 8.42 Å². The Morgan fingerprint density at radius 3 is 2.45 bits per heavy atom. The molecule has 0 aromatic heterocycles. The van der Waals surface area contributed by atoms with E-state index in [2.05, 4.69) is 0 Å². The molecule has 0 bridgehead atoms. The smallest absolute Gasteiger partial charge is 0.249 e. The van der Waals surface area contributed by atoms with Gasteiger partial charge in [0, 0.05) is 5.70 Å². The molecule has 6 heteroatoms. The minimum absolute atomic E-state index is 0.106. The molecule has 11 heavy (non-hydrogen) atoms. The van der Waals surface area contributed by atoms with Crippen LogP contribution in [-0.2, 0) is 10.2 Å². The number of rotatable bonds is 1. The highest BCUT2D eigenvalue weighted by Gasteiger charge is 2.28. The SMILES string of the molecule is CC1=CSC(C)N1S(N)(=O)=O. The first-order valence-corrected chi connectivity index (χ1v) is 5.52. The Bertz CT molecular complexity index is 283. The molecule has 0 saturated heterocycles. The summed E-state index contributed by atoms with van der Waals surface area (Å²) in [6.07, 6.45) is 0. The lowest BCUT2D eigenvalue weighted by molar-refractivity contribution is 0.480. The Kier molecular flexibility index (Phi) is 2.17. The number of hydrogen-bond acceptors (Lipinski definition) is 3. The summed E-state index contributed by atoms with van der Waals surface area (Å²) in [5.41, 5.74) is 0.685. The molecule has 64 valence electrons. The van der Waals surface area contributed by atoms with Crippen LogP contribution in [0.1, 0.15) is 13.8 Å². The van der Waals surface area contributed by atoms with Crippen LogP contribution in [0.2, 0.25) is 0 Å². The van der Waals surface area contributed by atoms with Gasteiger partial charge in [-0.25, -0.2) is 9.44 Å². The normalized spacial score (nSPS) is 25.5. The van der Waals surface area contributed by atoms with Crippen molar-refractivity contribution in [1.82, 2.24) is 4.31 Å². The molecule has 0 aromatic carbocycles. The minimum atomic E-state index is -3.56. The second-order valence-electron chi connectivity index (χ2n) is 2.34. The second kappa shape index (κ2) is 2.69. The first-order valence-electron chi connectivity index (χ1n) is 3.07. The van der Waals surface area contributed by atoms with E-state index in [0.29, 0.717) is 5.70 Å². The third-order valence-corrected chi connectivity index (χ3v) is 3.76. The van der Waals surface area contributed by atoms with Crippen molar-refractivity contribution >= 4 is 22.0 Å². The molecule has 4 nitrogen and oxygen atoms in total. The Labute approximate surface area is 70.6 Å². The van der Waals surface area contributed by atoms with Gasteiger partial charge in [-0.05, 0) is 19.3 Å². The summed E-state index contributed by atoms with van der Waals surface area (Å²) in [5.74, 6) is 0. The largest absolute Gasteiger partial charge is 0.299 e. The maximum Gasteiger partial charge on any atom is 0.299 e. The van der Waals surface area contributed by atoms with Crippen molar-refractivity contribution in [1.29, 1.82) is 0 Å². The molecular weight excluding hydrogens is 184 g/mol. The van der Waals surface area contributed by atoms with Gasteiger partial charge >= 0.3 is 0 Å². The van der Waals surface area contributed by atoms with Crippen LogP contribution in [0, 0.1) is 0 Å². The van der Waals surface area contributed by atoms with E-state index in [1.165, 1.54) is 16.1 Å². The third-order valence-electron chi connectivity index (χ3n) is 1.39. The lowest BCUT2D eigenvalue weighted by Crippen LogP contribution is -2.37. The van der Waals surface area contributed by atoms with Crippen molar-refractivity contribution in [3.63, 3.8) is 0 Å². The summed E-state index contributed by atoms with van der Waals surface area (Å²) in [7, 11) is -3.56. The van der Waals surface area contributed by atoms with E-state index in [4.69, 9.17) is 5.14 Å². The summed E-state index contributed by atoms with van der Waals surface area (Å²) >= 11 is 1.45. The lowest BCUT2D eigenvalue weighted by Gasteiger charge is -2.21. The average Bonchev–Trinajstić information content (AvgIpc) is 2.08. The van der Waals surface area contributed by atoms with Gasteiger partial charge in [-0.15, -0.1) is 11.8 Å². The van der Waals surface area contributed by atoms with E-state index >= 15 is 0 Å². The van der Waals surface area contributed by atoms with Crippen LogP contribution in [0.15, 0.2) is 11.1 Å². The molecular formula is C5H10N2O2S2. The molecule has 0 radical (unpaired) electrons. The van der Waals surface area contributed by atoms with Crippen LogP contribution < -0.4 is 5.14 Å². The Hall–Kier alpha value is -0.200. The summed E-state index contributed by atoms with van der Waals surface area (Å²) in [6.45, 7) is 3.52. The van der Waals surface area contributed by atoms with Crippen LogP contribution in [0.25, 0.3) is 0 Å². The summed E-state index contributed by atoms with van der Waals surface area (Å²) in [5, 5.41) is 6.65. The Morgan fingerprint density at radius 1 is 1.73 bits per heavy atom. The highest BCUT2D eigenvalue weighted by Crippen LogP contribution is 2.31. The molecule has 0 aromatic rings. The Balaban J connectivity index is 2.97. The molecule has 0 spiro atoms. The lowest BCUT2D eigenvalue weighted by atomic mass is 10.5. The number of allylic oxidation sites excluding steroid dienone is 1. The molecule has 0 saturated carbocycles. The van der Waals surface area contributed by atoms with E-state index in [1.54, 1.807) is 19.3 Å². The third kappa shape index (κ3) is 1.69. The zero-order chi connectivity index (χ0) is 8.65. The van der Waals surface area contributed by atoms with Gasteiger partial charge in [0.15, 0.2) is 0 Å². The molecule has 1 heterocycles. The predicted octanol–water partition coefficient (Wildman–Crippen LogP) is 0.446. The zero-order valence-electron chi connectivity index (χ0n) is 6.31. The van der Waals surface area contributed by atoms with Gasteiger partial charge in [0.2, 0.25) is 0 Å². The van der Waals surface area contributed by atoms with Crippen LogP contribution in [0.5, 0.6) is 0 Å². The van der Waals surface area contributed by atoms with Gasteiger partial charge < -0.3 is 0 Å². The number of thioether (sulfide) groups is 1. The molecule has 0 aliphatic carbocycles. The van der Waals surface area contributed by atoms with Gasteiger partial charge in [0.25, 0.3) is 10.2 Å². The Morgan fingerprint density at radius 2 is 2.27 bits per heavy atom. The second-order valence-corrected chi connectivity index (χ2v) is 4.95. The quantitative estimate of drug-likeness (QED) is 0.659. The van der Waals surface area contributed by atoms with E-state index in [0.717, 1.165) is 0 Å². The van der Waals surface area contributed by atoms with Gasteiger partial charge in [-0.2, -0.15) is 8.42 Å². The van der Waals surface area contributed by atoms with E-state index in [1.807, 2.05) is 0 Å². The van der Waals surface area contributed by atoms with Crippen molar-refractivity contribution in [3.05, 3.63) is 11.1 Å². The monoisotopic (exact) mass is 194 g/mol. The standard InChI is InChI=1S/C5H10N2O2S2/c1-4-3-10-5(2)7(4)11(6,8)9/h3,5H,1-2H3,(H2,6,8,9). The first kappa shape index (κ1) is 8.89. The fourth-order valence-electron chi connectivity index (χ4n) is 0.999. The highest BCUT2D eigenvalue weighted by atomic mass is 32.2. The van der Waals surface area contributed by atoms with Crippen molar-refractivity contribution in [2.45, 2.75) is 19.2 Å². The molecule has 1 aliphatic heterocycles. The van der Waals surface area contributed by atoms with Crippen molar-refractivity contribution < 1.29 is 8.42 Å². The topological polar surface area (TPSA) is 63.4 Å². The summed E-state index contributed by atoms with van der Waals surface area (Å²) < 4.78 is 23.0. The van der Waals surface area contributed by atoms with Crippen LogP contribution in [0.3, 0.4) is 0 Å². The molecule has 0 fully saturated rings. The van der Waals surface area contributed by atoms with Crippen LogP contribution >= 0.6 is 11.8 Å². The minimum Gasteiger partial charge on any atom is -0.249 e. The maximum atomic E-state index is 10.9. The maximum absolute atomic E-state index is 10.9. The van der Waals surface area contributed by atoms with Crippen molar-refractivity contribution in [2.75, 3.05) is 0 Å². The molecule has 1 aliphatic rings. The number of nitrogens with two attached hydrogens (primary N) is 1. The average molecular weight is 194 g/mol. The van der Waals surface area contributed by atoms with Gasteiger partial charge in [-0.1, -0.05) is 0 Å². The first-order chi connectivity index (χ1) is 4.93. The summed E-state index contributed by atoms with van der Waals surface area (Å²) in [6, 6.07) is 0. The summed E-state index contributed by atoms with van der Waals surface area (Å²) in [4.78, 5) is 0. The zero-order valence-corrected chi connectivity index (χ0v) is 7.95. The van der Waals surface area contributed by atoms with Crippen molar-refractivity contribution in [2.24, 2.45) is 5.14 Å². The predicted molar refractivity (Wildman–Crippen MR) is 45.8 cm³/mol. The number of nitrogens with zero attached hydrogens (tertiary/aromatic N) is 1. The number of hydrogen-bond donors (Lipinski definition) is 1. The van der Waals surface area contributed by atoms with Gasteiger partial charge in [-0.3, -0.25) is 0 Å². The van der Waals surface area contributed by atoms with Gasteiger partial charge in [0.05, 0.1) is 5.37 Å². The van der Waals surface area contributed by atoms with E-state index in [-0.39, 0.29) is 5.37 Å². The molecule has 2 N–H and O–H groups in total. The molecule has 0 amide bonds.